The Morgan fingerprint density at radius 1 is 1.18 bits per heavy atom. The molecule has 0 bridgehead atoms. The average Bonchev–Trinajstić information content (AvgIpc) is 2.78. The summed E-state index contributed by atoms with van der Waals surface area (Å²) in [5, 5.41) is 6.24. The Kier molecular flexibility index (Phi) is 4.74. The molecule has 0 unspecified atom stereocenters. The number of benzene rings is 1. The Morgan fingerprint density at radius 3 is 2.32 bits per heavy atom. The van der Waals surface area contributed by atoms with Crippen LogP contribution in [-0.4, -0.2) is 21.5 Å². The zero-order chi connectivity index (χ0) is 16.3. The maximum absolute atomic E-state index is 12.5. The summed E-state index contributed by atoms with van der Waals surface area (Å²) in [4.78, 5) is 0. The lowest BCUT2D eigenvalue weighted by Crippen LogP contribution is -2.21. The van der Waals surface area contributed by atoms with Crippen molar-refractivity contribution in [1.29, 1.82) is 0 Å². The largest absolute Gasteiger partial charge is 0.453 e. The summed E-state index contributed by atoms with van der Waals surface area (Å²) < 4.78 is 66.0. The van der Waals surface area contributed by atoms with E-state index >= 15 is 0 Å². The maximum atomic E-state index is 12.5. The van der Waals surface area contributed by atoms with Gasteiger partial charge in [0, 0.05) is 5.75 Å². The molecule has 0 aliphatic carbocycles. The van der Waals surface area contributed by atoms with E-state index < -0.39 is 18.6 Å². The van der Waals surface area contributed by atoms with Crippen molar-refractivity contribution in [3.05, 3.63) is 35.7 Å². The van der Waals surface area contributed by atoms with E-state index in [0.717, 1.165) is 11.8 Å². The zero-order valence-electron chi connectivity index (χ0n) is 10.7. The first-order valence-corrected chi connectivity index (χ1v) is 6.70. The van der Waals surface area contributed by atoms with Crippen LogP contribution in [0.15, 0.2) is 29.4 Å². The summed E-state index contributed by atoms with van der Waals surface area (Å²) in [6.45, 7) is -2.92. The number of thioether (sulfide) groups is 1. The first-order valence-electron chi connectivity index (χ1n) is 5.71. The van der Waals surface area contributed by atoms with Crippen LogP contribution < -0.4 is 10.6 Å². The first-order chi connectivity index (χ1) is 10.3. The van der Waals surface area contributed by atoms with Crippen molar-refractivity contribution in [1.82, 2.24) is 14.9 Å². The number of nitrogen functional groups attached to an aromatic ring is 1. The number of halogens is 5. The minimum atomic E-state index is -4.69. The summed E-state index contributed by atoms with van der Waals surface area (Å²) >= 11 is 0.932. The third-order valence-corrected chi connectivity index (χ3v) is 3.45. The molecule has 0 atom stereocenters. The summed E-state index contributed by atoms with van der Waals surface area (Å²) in [5.41, 5.74) is 0.670. The van der Waals surface area contributed by atoms with E-state index in [2.05, 4.69) is 14.9 Å². The number of nitrogens with two attached hydrogens (primary N) is 1. The van der Waals surface area contributed by atoms with E-state index in [1.807, 2.05) is 0 Å². The van der Waals surface area contributed by atoms with Gasteiger partial charge in [0.15, 0.2) is 0 Å². The van der Waals surface area contributed by atoms with E-state index in [1.165, 1.54) is 24.3 Å². The van der Waals surface area contributed by atoms with Gasteiger partial charge in [0.2, 0.25) is 5.16 Å². The van der Waals surface area contributed by atoms with Crippen molar-refractivity contribution < 1.29 is 26.7 Å². The second-order valence-electron chi connectivity index (χ2n) is 3.99. The molecule has 0 radical (unpaired) electrons. The normalized spacial score (nSPS) is 11.9. The number of nitrogens with zero attached hydrogens (tertiary/aromatic N) is 3. The molecule has 2 aromatic rings. The Hall–Kier alpha value is -2.04. The fourth-order valence-electron chi connectivity index (χ4n) is 1.48. The number of hydrogen-bond donors (Lipinski definition) is 1. The molecule has 22 heavy (non-hydrogen) atoms. The Morgan fingerprint density at radius 2 is 1.82 bits per heavy atom. The SMILES string of the molecule is Nn1c(SCc2ccc(OC(F)F)cc2)nnc1C(F)(F)F. The van der Waals surface area contributed by atoms with Crippen molar-refractivity contribution in [2.24, 2.45) is 0 Å². The monoisotopic (exact) mass is 340 g/mol. The molecular weight excluding hydrogens is 331 g/mol. The van der Waals surface area contributed by atoms with Crippen LogP contribution >= 0.6 is 11.8 Å². The van der Waals surface area contributed by atoms with E-state index in [0.29, 0.717) is 10.2 Å². The molecule has 2 N–H and O–H groups in total. The quantitative estimate of drug-likeness (QED) is 0.515. The number of rotatable bonds is 5. The number of aromatic nitrogens is 3. The van der Waals surface area contributed by atoms with Crippen LogP contribution in [0.3, 0.4) is 0 Å². The first kappa shape index (κ1) is 16.3. The van der Waals surface area contributed by atoms with Gasteiger partial charge in [-0.1, -0.05) is 23.9 Å². The molecule has 0 fully saturated rings. The second kappa shape index (κ2) is 6.38. The minimum absolute atomic E-state index is 0.00917. The summed E-state index contributed by atoms with van der Waals surface area (Å²) in [7, 11) is 0. The van der Waals surface area contributed by atoms with Crippen molar-refractivity contribution in [2.45, 2.75) is 23.7 Å². The highest BCUT2D eigenvalue weighted by molar-refractivity contribution is 7.98. The topological polar surface area (TPSA) is 66.0 Å². The zero-order valence-corrected chi connectivity index (χ0v) is 11.5. The third-order valence-electron chi connectivity index (χ3n) is 2.43. The highest BCUT2D eigenvalue weighted by Crippen LogP contribution is 2.30. The minimum Gasteiger partial charge on any atom is -0.435 e. The molecule has 0 spiro atoms. The molecule has 5 nitrogen and oxygen atoms in total. The number of hydrogen-bond acceptors (Lipinski definition) is 5. The summed E-state index contributed by atoms with van der Waals surface area (Å²) in [6, 6.07) is 5.67. The second-order valence-corrected chi connectivity index (χ2v) is 4.93. The third kappa shape index (κ3) is 4.00. The molecule has 0 saturated heterocycles. The predicted molar refractivity (Wildman–Crippen MR) is 67.8 cm³/mol. The average molecular weight is 340 g/mol. The van der Waals surface area contributed by atoms with Gasteiger partial charge in [0.25, 0.3) is 5.82 Å². The van der Waals surface area contributed by atoms with E-state index in [-0.39, 0.29) is 16.7 Å². The van der Waals surface area contributed by atoms with E-state index in [4.69, 9.17) is 5.84 Å². The lowest BCUT2D eigenvalue weighted by atomic mass is 10.2. The molecule has 0 aliphatic heterocycles. The molecular formula is C11H9F5N4OS. The van der Waals surface area contributed by atoms with Crippen LogP contribution in [0.2, 0.25) is 0 Å². The van der Waals surface area contributed by atoms with Gasteiger partial charge in [-0.2, -0.15) is 22.0 Å². The molecule has 1 aromatic carbocycles. The summed E-state index contributed by atoms with van der Waals surface area (Å²) in [6.07, 6.45) is -4.69. The van der Waals surface area contributed by atoms with Crippen molar-refractivity contribution in [2.75, 3.05) is 5.84 Å². The van der Waals surface area contributed by atoms with Crippen molar-refractivity contribution >= 4 is 11.8 Å². The van der Waals surface area contributed by atoms with Gasteiger partial charge in [-0.15, -0.1) is 10.2 Å². The fourth-order valence-corrected chi connectivity index (χ4v) is 2.30. The van der Waals surface area contributed by atoms with Crippen LogP contribution in [0.25, 0.3) is 0 Å². The molecule has 0 aliphatic rings. The molecule has 0 amide bonds. The van der Waals surface area contributed by atoms with Crippen LogP contribution in [0.4, 0.5) is 22.0 Å². The summed E-state index contributed by atoms with van der Waals surface area (Å²) in [5.74, 6) is 4.21. The number of alkyl halides is 5. The Balaban J connectivity index is 2.00. The lowest BCUT2D eigenvalue weighted by Gasteiger charge is -2.07. The van der Waals surface area contributed by atoms with Gasteiger partial charge in [-0.25, -0.2) is 4.68 Å². The molecule has 1 heterocycles. The van der Waals surface area contributed by atoms with E-state index in [1.54, 1.807) is 0 Å². The molecule has 2 rings (SSSR count). The number of ether oxygens (including phenoxy) is 1. The van der Waals surface area contributed by atoms with Crippen molar-refractivity contribution in [3.8, 4) is 5.75 Å². The lowest BCUT2D eigenvalue weighted by molar-refractivity contribution is -0.146. The maximum Gasteiger partial charge on any atom is 0.453 e. The molecule has 0 saturated carbocycles. The van der Waals surface area contributed by atoms with Crippen LogP contribution in [0, 0.1) is 0 Å². The smallest absolute Gasteiger partial charge is 0.435 e. The van der Waals surface area contributed by atoms with Gasteiger partial charge >= 0.3 is 12.8 Å². The standard InChI is InChI=1S/C11H9F5N4OS/c12-9(13)21-7-3-1-6(2-4-7)5-22-10-19-18-8(20(10)17)11(14,15)16/h1-4,9H,5,17H2. The van der Waals surface area contributed by atoms with Gasteiger partial charge < -0.3 is 10.6 Å². The van der Waals surface area contributed by atoms with Gasteiger partial charge in [0.1, 0.15) is 5.75 Å². The highest BCUT2D eigenvalue weighted by Gasteiger charge is 2.38. The highest BCUT2D eigenvalue weighted by atomic mass is 32.2. The Bertz CT molecular complexity index is 628. The van der Waals surface area contributed by atoms with Gasteiger partial charge in [-0.3, -0.25) is 0 Å². The predicted octanol–water partition coefficient (Wildman–Crippen LogP) is 2.90. The fraction of sp³-hybridized carbons (Fsp3) is 0.273. The Labute approximate surface area is 125 Å². The van der Waals surface area contributed by atoms with Gasteiger partial charge in [0.05, 0.1) is 0 Å². The van der Waals surface area contributed by atoms with Gasteiger partial charge in [-0.05, 0) is 17.7 Å². The molecule has 11 heteroatoms. The van der Waals surface area contributed by atoms with Crippen LogP contribution in [0.1, 0.15) is 11.4 Å². The van der Waals surface area contributed by atoms with Crippen LogP contribution in [0.5, 0.6) is 5.75 Å². The molecule has 1 aromatic heterocycles. The molecule has 120 valence electrons. The van der Waals surface area contributed by atoms with E-state index in [9.17, 15) is 22.0 Å². The van der Waals surface area contributed by atoms with Crippen LogP contribution in [-0.2, 0) is 11.9 Å². The van der Waals surface area contributed by atoms with Crippen molar-refractivity contribution in [3.63, 3.8) is 0 Å².